The van der Waals surface area contributed by atoms with Gasteiger partial charge < -0.3 is 4.74 Å². The van der Waals surface area contributed by atoms with Crippen LogP contribution in [0.1, 0.15) is 28.8 Å². The Kier molecular flexibility index (Phi) is 4.60. The number of halogens is 5. The molecule has 0 aromatic carbocycles. The largest absolute Gasteiger partial charge is 0.469 e. The second-order valence-electron chi connectivity index (χ2n) is 3.57. The van der Waals surface area contributed by atoms with Crippen LogP contribution in [-0.4, -0.2) is 18.1 Å². The van der Waals surface area contributed by atoms with Gasteiger partial charge in [-0.3, -0.25) is 9.78 Å². The minimum Gasteiger partial charge on any atom is -0.469 e. The maximum Gasteiger partial charge on any atom is 0.419 e. The molecule has 4 nitrogen and oxygen atoms in total. The molecular formula is C11H7F5N2O2. The highest BCUT2D eigenvalue weighted by molar-refractivity contribution is 5.72. The summed E-state index contributed by atoms with van der Waals surface area (Å²) in [5.74, 6) is -0.956. The summed E-state index contributed by atoms with van der Waals surface area (Å²) in [7, 11) is 0.986. The SMILES string of the molecule is COC(=O)Cc1ncc(C(F)(F)F)c(C#N)c1C(F)F. The second-order valence-corrected chi connectivity index (χ2v) is 3.57. The first-order valence-corrected chi connectivity index (χ1v) is 5.06. The van der Waals surface area contributed by atoms with Crippen molar-refractivity contribution < 1.29 is 31.5 Å². The molecule has 9 heteroatoms. The summed E-state index contributed by atoms with van der Waals surface area (Å²) in [4.78, 5) is 14.2. The van der Waals surface area contributed by atoms with Crippen LogP contribution in [0, 0.1) is 11.3 Å². The number of carbonyl (C=O) groups excluding carboxylic acids is 1. The van der Waals surface area contributed by atoms with E-state index in [1.54, 1.807) is 0 Å². The Bertz CT molecular complexity index is 563. The van der Waals surface area contributed by atoms with Crippen LogP contribution in [0.4, 0.5) is 22.0 Å². The molecule has 0 radical (unpaired) electrons. The summed E-state index contributed by atoms with van der Waals surface area (Å²) in [6.45, 7) is 0. The Hall–Kier alpha value is -2.24. The predicted molar refractivity (Wildman–Crippen MR) is 54.6 cm³/mol. The van der Waals surface area contributed by atoms with Crippen molar-refractivity contribution in [3.63, 3.8) is 0 Å². The van der Waals surface area contributed by atoms with Gasteiger partial charge in [0.2, 0.25) is 0 Å². The summed E-state index contributed by atoms with van der Waals surface area (Å²) in [6.07, 6.45) is -8.86. The van der Waals surface area contributed by atoms with Crippen LogP contribution in [0.2, 0.25) is 0 Å². The van der Waals surface area contributed by atoms with Crippen LogP contribution in [-0.2, 0) is 22.1 Å². The van der Waals surface area contributed by atoms with E-state index in [0.717, 1.165) is 13.2 Å². The molecule has 0 N–H and O–H groups in total. The molecule has 20 heavy (non-hydrogen) atoms. The van der Waals surface area contributed by atoms with Crippen LogP contribution in [0.25, 0.3) is 0 Å². The van der Waals surface area contributed by atoms with Crippen molar-refractivity contribution in [3.8, 4) is 6.07 Å². The van der Waals surface area contributed by atoms with E-state index >= 15 is 0 Å². The summed E-state index contributed by atoms with van der Waals surface area (Å²) in [6, 6.07) is 1.09. The molecule has 1 rings (SSSR count). The van der Waals surface area contributed by atoms with Gasteiger partial charge in [0.05, 0.1) is 35.9 Å². The average molecular weight is 294 g/mol. The van der Waals surface area contributed by atoms with Crippen molar-refractivity contribution >= 4 is 5.97 Å². The van der Waals surface area contributed by atoms with E-state index in [2.05, 4.69) is 9.72 Å². The predicted octanol–water partition coefficient (Wildman–Crippen LogP) is 2.63. The van der Waals surface area contributed by atoms with E-state index in [1.165, 1.54) is 0 Å². The van der Waals surface area contributed by atoms with Gasteiger partial charge in [0.15, 0.2) is 0 Å². The number of ether oxygens (including phenoxy) is 1. The molecule has 108 valence electrons. The quantitative estimate of drug-likeness (QED) is 0.635. The summed E-state index contributed by atoms with van der Waals surface area (Å²) >= 11 is 0. The van der Waals surface area contributed by atoms with Crippen molar-refractivity contribution in [1.29, 1.82) is 5.26 Å². The lowest BCUT2D eigenvalue weighted by molar-refractivity contribution is -0.139. The van der Waals surface area contributed by atoms with Gasteiger partial charge in [-0.15, -0.1) is 0 Å². The van der Waals surface area contributed by atoms with Crippen molar-refractivity contribution in [2.45, 2.75) is 19.0 Å². The van der Waals surface area contributed by atoms with Gasteiger partial charge in [-0.25, -0.2) is 8.78 Å². The van der Waals surface area contributed by atoms with Crippen LogP contribution >= 0.6 is 0 Å². The number of nitrogens with zero attached hydrogens (tertiary/aromatic N) is 2. The lowest BCUT2D eigenvalue weighted by Crippen LogP contribution is -2.16. The number of rotatable bonds is 3. The fraction of sp³-hybridized carbons (Fsp3) is 0.364. The third kappa shape index (κ3) is 3.20. The molecule has 0 unspecified atom stereocenters. The molecule has 0 fully saturated rings. The van der Waals surface area contributed by atoms with Gasteiger partial charge in [0.1, 0.15) is 6.07 Å². The highest BCUT2D eigenvalue weighted by Crippen LogP contribution is 2.36. The molecule has 0 saturated heterocycles. The Labute approximate surface area is 109 Å². The Morgan fingerprint density at radius 2 is 2.10 bits per heavy atom. The van der Waals surface area contributed by atoms with Crippen LogP contribution < -0.4 is 0 Å². The first-order valence-electron chi connectivity index (χ1n) is 5.06. The van der Waals surface area contributed by atoms with E-state index < -0.39 is 47.4 Å². The molecule has 1 heterocycles. The zero-order valence-corrected chi connectivity index (χ0v) is 9.96. The number of carbonyl (C=O) groups is 1. The number of hydrogen-bond donors (Lipinski definition) is 0. The number of nitriles is 1. The first kappa shape index (κ1) is 15.8. The van der Waals surface area contributed by atoms with E-state index in [0.29, 0.717) is 0 Å². The zero-order valence-electron chi connectivity index (χ0n) is 9.96. The number of pyridine rings is 1. The smallest absolute Gasteiger partial charge is 0.419 e. The van der Waals surface area contributed by atoms with Gasteiger partial charge >= 0.3 is 12.1 Å². The number of methoxy groups -OCH3 is 1. The molecule has 0 aliphatic carbocycles. The van der Waals surface area contributed by atoms with Gasteiger partial charge in [-0.1, -0.05) is 0 Å². The lowest BCUT2D eigenvalue weighted by Gasteiger charge is -2.14. The van der Waals surface area contributed by atoms with Gasteiger partial charge in [-0.2, -0.15) is 18.4 Å². The molecule has 0 spiro atoms. The average Bonchev–Trinajstić information content (AvgIpc) is 2.35. The molecule has 1 aromatic heterocycles. The number of esters is 1. The molecular weight excluding hydrogens is 287 g/mol. The van der Waals surface area contributed by atoms with Crippen LogP contribution in [0.15, 0.2) is 6.20 Å². The Balaban J connectivity index is 3.51. The molecule has 0 atom stereocenters. The monoisotopic (exact) mass is 294 g/mol. The molecule has 0 aliphatic rings. The summed E-state index contributed by atoms with van der Waals surface area (Å²) in [5.41, 5.74) is -4.62. The molecule has 0 bridgehead atoms. The Morgan fingerprint density at radius 3 is 2.50 bits per heavy atom. The standard InChI is InChI=1S/C11H7F5N2O2/c1-20-8(19)2-7-9(10(12)13)5(3-17)6(4-18-7)11(14,15)16/h4,10H,2H2,1H3. The van der Waals surface area contributed by atoms with Crippen molar-refractivity contribution in [2.75, 3.05) is 7.11 Å². The van der Waals surface area contributed by atoms with Gasteiger partial charge in [0, 0.05) is 6.20 Å². The lowest BCUT2D eigenvalue weighted by atomic mass is 10.0. The van der Waals surface area contributed by atoms with Crippen molar-refractivity contribution in [1.82, 2.24) is 4.98 Å². The maximum atomic E-state index is 12.9. The molecule has 0 aliphatic heterocycles. The molecule has 1 aromatic rings. The van der Waals surface area contributed by atoms with Crippen molar-refractivity contribution in [3.05, 3.63) is 28.6 Å². The minimum absolute atomic E-state index is 0.253. The normalized spacial score (nSPS) is 11.3. The fourth-order valence-corrected chi connectivity index (χ4v) is 1.49. The van der Waals surface area contributed by atoms with Crippen LogP contribution in [0.3, 0.4) is 0 Å². The van der Waals surface area contributed by atoms with E-state index in [-0.39, 0.29) is 6.20 Å². The minimum atomic E-state index is -4.99. The first-order chi connectivity index (χ1) is 9.22. The van der Waals surface area contributed by atoms with E-state index in [4.69, 9.17) is 5.26 Å². The highest BCUT2D eigenvalue weighted by atomic mass is 19.4. The molecule has 0 amide bonds. The summed E-state index contributed by atoms with van der Waals surface area (Å²) in [5, 5.41) is 8.70. The molecule has 0 saturated carbocycles. The van der Waals surface area contributed by atoms with Gasteiger partial charge in [-0.05, 0) is 0 Å². The second kappa shape index (κ2) is 5.81. The van der Waals surface area contributed by atoms with Gasteiger partial charge in [0.25, 0.3) is 6.43 Å². The Morgan fingerprint density at radius 1 is 1.50 bits per heavy atom. The van der Waals surface area contributed by atoms with Crippen molar-refractivity contribution in [2.24, 2.45) is 0 Å². The maximum absolute atomic E-state index is 12.9. The summed E-state index contributed by atoms with van der Waals surface area (Å²) < 4.78 is 67.8. The van der Waals surface area contributed by atoms with E-state index in [1.807, 2.05) is 0 Å². The number of hydrogen-bond acceptors (Lipinski definition) is 4. The van der Waals surface area contributed by atoms with E-state index in [9.17, 15) is 26.7 Å². The third-order valence-electron chi connectivity index (χ3n) is 2.37. The number of aromatic nitrogens is 1. The van der Waals surface area contributed by atoms with Crippen LogP contribution in [0.5, 0.6) is 0 Å². The number of alkyl halides is 5. The third-order valence-corrected chi connectivity index (χ3v) is 2.37. The fourth-order valence-electron chi connectivity index (χ4n) is 1.49. The topological polar surface area (TPSA) is 63.0 Å². The highest BCUT2D eigenvalue weighted by Gasteiger charge is 2.37. The zero-order chi connectivity index (χ0) is 15.5.